The van der Waals surface area contributed by atoms with E-state index in [9.17, 15) is 4.79 Å². The summed E-state index contributed by atoms with van der Waals surface area (Å²) in [7, 11) is 0. The predicted octanol–water partition coefficient (Wildman–Crippen LogP) is 2.80. The van der Waals surface area contributed by atoms with Crippen LogP contribution in [0.4, 0.5) is 0 Å². The number of aliphatic carboxylic acids is 1. The molecular formula is C12H25NO2. The number of nitrogens with one attached hydrogen (secondary N) is 1. The molecule has 0 saturated carbocycles. The topological polar surface area (TPSA) is 49.3 Å². The number of rotatable bonds is 9. The summed E-state index contributed by atoms with van der Waals surface area (Å²) >= 11 is 0. The minimum absolute atomic E-state index is 0.691. The summed E-state index contributed by atoms with van der Waals surface area (Å²) < 4.78 is 0. The van der Waals surface area contributed by atoms with Gasteiger partial charge in [0.15, 0.2) is 0 Å². The zero-order valence-corrected chi connectivity index (χ0v) is 10.3. The van der Waals surface area contributed by atoms with Gasteiger partial charge in [-0.1, -0.05) is 39.5 Å². The smallest absolute Gasteiger partial charge is 0.323 e. The van der Waals surface area contributed by atoms with Gasteiger partial charge in [-0.05, 0) is 26.3 Å². The fraction of sp³-hybridized carbons (Fsp3) is 0.917. The summed E-state index contributed by atoms with van der Waals surface area (Å²) in [6.07, 6.45) is 6.29. The van der Waals surface area contributed by atoms with Crippen LogP contribution in [0, 0.1) is 0 Å². The van der Waals surface area contributed by atoms with Crippen LogP contribution in [0.5, 0.6) is 0 Å². The highest BCUT2D eigenvalue weighted by Crippen LogP contribution is 2.12. The van der Waals surface area contributed by atoms with Crippen molar-refractivity contribution < 1.29 is 9.90 Å². The van der Waals surface area contributed by atoms with Crippen LogP contribution >= 0.6 is 0 Å². The van der Waals surface area contributed by atoms with Gasteiger partial charge in [0.2, 0.25) is 0 Å². The van der Waals surface area contributed by atoms with E-state index in [0.29, 0.717) is 6.42 Å². The first-order valence-corrected chi connectivity index (χ1v) is 6.05. The third kappa shape index (κ3) is 5.78. The van der Waals surface area contributed by atoms with E-state index in [2.05, 4.69) is 12.2 Å². The Morgan fingerprint density at radius 1 is 1.20 bits per heavy atom. The number of hydrogen-bond donors (Lipinski definition) is 2. The van der Waals surface area contributed by atoms with Crippen molar-refractivity contribution in [2.45, 2.75) is 64.8 Å². The first-order chi connectivity index (χ1) is 7.06. The van der Waals surface area contributed by atoms with Crippen molar-refractivity contribution in [3.8, 4) is 0 Å². The van der Waals surface area contributed by atoms with Gasteiger partial charge < -0.3 is 10.4 Å². The summed E-state index contributed by atoms with van der Waals surface area (Å²) in [4.78, 5) is 11.1. The van der Waals surface area contributed by atoms with Gasteiger partial charge in [0.25, 0.3) is 0 Å². The Morgan fingerprint density at radius 3 is 2.33 bits per heavy atom. The maximum absolute atomic E-state index is 11.1. The number of hydrogen-bond acceptors (Lipinski definition) is 2. The molecule has 3 nitrogen and oxygen atoms in total. The maximum Gasteiger partial charge on any atom is 0.323 e. The van der Waals surface area contributed by atoms with E-state index in [1.807, 2.05) is 6.92 Å². The second-order valence-electron chi connectivity index (χ2n) is 4.37. The van der Waals surface area contributed by atoms with Crippen molar-refractivity contribution in [3.05, 3.63) is 0 Å². The average molecular weight is 215 g/mol. The van der Waals surface area contributed by atoms with Crippen LogP contribution in [0.15, 0.2) is 0 Å². The lowest BCUT2D eigenvalue weighted by molar-refractivity contribution is -0.144. The molecule has 0 amide bonds. The Morgan fingerprint density at radius 2 is 1.87 bits per heavy atom. The SMILES string of the molecule is CCCCCCNC(C)(CCC)C(=O)O. The van der Waals surface area contributed by atoms with E-state index in [1.54, 1.807) is 6.92 Å². The van der Waals surface area contributed by atoms with Gasteiger partial charge in [-0.2, -0.15) is 0 Å². The predicted molar refractivity (Wildman–Crippen MR) is 63.1 cm³/mol. The molecule has 0 aromatic rings. The average Bonchev–Trinajstić information content (AvgIpc) is 2.18. The standard InChI is InChI=1S/C12H25NO2/c1-4-6-7-8-10-13-12(3,9-5-2)11(14)15/h13H,4-10H2,1-3H3,(H,14,15). The van der Waals surface area contributed by atoms with E-state index in [0.717, 1.165) is 19.4 Å². The highest BCUT2D eigenvalue weighted by molar-refractivity contribution is 5.78. The van der Waals surface area contributed by atoms with Crippen molar-refractivity contribution in [3.63, 3.8) is 0 Å². The molecule has 0 spiro atoms. The molecule has 3 heteroatoms. The number of carboxylic acids is 1. The van der Waals surface area contributed by atoms with Crippen molar-refractivity contribution in [2.75, 3.05) is 6.54 Å². The minimum Gasteiger partial charge on any atom is -0.480 e. The van der Waals surface area contributed by atoms with Gasteiger partial charge in [0, 0.05) is 0 Å². The van der Waals surface area contributed by atoms with Crippen molar-refractivity contribution in [2.24, 2.45) is 0 Å². The van der Waals surface area contributed by atoms with Gasteiger partial charge in [-0.3, -0.25) is 4.79 Å². The molecule has 90 valence electrons. The first kappa shape index (κ1) is 14.4. The molecule has 0 rings (SSSR count). The highest BCUT2D eigenvalue weighted by atomic mass is 16.4. The summed E-state index contributed by atoms with van der Waals surface area (Å²) in [6.45, 7) is 6.77. The summed E-state index contributed by atoms with van der Waals surface area (Å²) in [5.74, 6) is -0.736. The molecule has 1 atom stereocenters. The minimum atomic E-state index is -0.736. The van der Waals surface area contributed by atoms with Gasteiger partial charge in [-0.25, -0.2) is 0 Å². The van der Waals surface area contributed by atoms with E-state index in [4.69, 9.17) is 5.11 Å². The molecule has 0 saturated heterocycles. The molecule has 0 fully saturated rings. The van der Waals surface area contributed by atoms with Crippen molar-refractivity contribution >= 4 is 5.97 Å². The Hall–Kier alpha value is -0.570. The van der Waals surface area contributed by atoms with Crippen LogP contribution in [0.25, 0.3) is 0 Å². The van der Waals surface area contributed by atoms with Gasteiger partial charge in [0.1, 0.15) is 5.54 Å². The third-order valence-corrected chi connectivity index (χ3v) is 2.77. The lowest BCUT2D eigenvalue weighted by atomic mass is 9.96. The molecule has 0 radical (unpaired) electrons. The number of carboxylic acid groups (broad SMARTS) is 1. The molecule has 0 bridgehead atoms. The number of carbonyl (C=O) groups is 1. The third-order valence-electron chi connectivity index (χ3n) is 2.77. The van der Waals surface area contributed by atoms with E-state index in [1.165, 1.54) is 19.3 Å². The van der Waals surface area contributed by atoms with E-state index < -0.39 is 11.5 Å². The van der Waals surface area contributed by atoms with Crippen LogP contribution < -0.4 is 5.32 Å². The molecule has 0 aromatic carbocycles. The Balaban J connectivity index is 3.81. The second-order valence-corrected chi connectivity index (χ2v) is 4.37. The molecule has 2 N–H and O–H groups in total. The zero-order valence-electron chi connectivity index (χ0n) is 10.3. The Kier molecular flexibility index (Phi) is 7.39. The molecule has 0 aliphatic heterocycles. The molecule has 0 aliphatic rings. The molecule has 0 heterocycles. The largest absolute Gasteiger partial charge is 0.480 e. The quantitative estimate of drug-likeness (QED) is 0.581. The van der Waals surface area contributed by atoms with Crippen LogP contribution in [-0.4, -0.2) is 23.2 Å². The zero-order chi connectivity index (χ0) is 11.7. The summed E-state index contributed by atoms with van der Waals surface area (Å²) in [5.41, 5.74) is -0.735. The van der Waals surface area contributed by atoms with Gasteiger partial charge >= 0.3 is 5.97 Å². The van der Waals surface area contributed by atoms with Crippen LogP contribution in [0.1, 0.15) is 59.3 Å². The van der Waals surface area contributed by atoms with E-state index >= 15 is 0 Å². The van der Waals surface area contributed by atoms with E-state index in [-0.39, 0.29) is 0 Å². The van der Waals surface area contributed by atoms with Gasteiger partial charge in [-0.15, -0.1) is 0 Å². The lowest BCUT2D eigenvalue weighted by Crippen LogP contribution is -2.49. The summed E-state index contributed by atoms with van der Waals surface area (Å²) in [5, 5.41) is 12.3. The van der Waals surface area contributed by atoms with Crippen LogP contribution in [-0.2, 0) is 4.79 Å². The normalized spacial score (nSPS) is 14.9. The number of unbranched alkanes of at least 4 members (excludes halogenated alkanes) is 3. The highest BCUT2D eigenvalue weighted by Gasteiger charge is 2.30. The van der Waals surface area contributed by atoms with Crippen LogP contribution in [0.3, 0.4) is 0 Å². The molecule has 0 aromatic heterocycles. The molecule has 0 aliphatic carbocycles. The molecular weight excluding hydrogens is 190 g/mol. The fourth-order valence-electron chi connectivity index (χ4n) is 1.69. The van der Waals surface area contributed by atoms with Gasteiger partial charge in [0.05, 0.1) is 0 Å². The molecule has 15 heavy (non-hydrogen) atoms. The monoisotopic (exact) mass is 215 g/mol. The molecule has 1 unspecified atom stereocenters. The summed E-state index contributed by atoms with van der Waals surface area (Å²) in [6, 6.07) is 0. The van der Waals surface area contributed by atoms with Crippen molar-refractivity contribution in [1.82, 2.24) is 5.32 Å². The van der Waals surface area contributed by atoms with Crippen LogP contribution in [0.2, 0.25) is 0 Å². The fourth-order valence-corrected chi connectivity index (χ4v) is 1.69. The van der Waals surface area contributed by atoms with Crippen molar-refractivity contribution in [1.29, 1.82) is 0 Å². The lowest BCUT2D eigenvalue weighted by Gasteiger charge is -2.25. The maximum atomic E-state index is 11.1. The Bertz CT molecular complexity index is 182. The first-order valence-electron chi connectivity index (χ1n) is 6.05. The Labute approximate surface area is 93.3 Å². The second kappa shape index (κ2) is 7.69.